The van der Waals surface area contributed by atoms with Crippen LogP contribution >= 0.6 is 11.6 Å². The molecule has 6 heteroatoms. The average Bonchev–Trinajstić information content (AvgIpc) is 3.16. The first-order valence-electron chi connectivity index (χ1n) is 9.10. The molecular weight excluding hydrogens is 338 g/mol. The Kier molecular flexibility index (Phi) is 5.97. The molecule has 25 heavy (non-hydrogen) atoms. The summed E-state index contributed by atoms with van der Waals surface area (Å²) in [6, 6.07) is 7.02. The molecular formula is C19H26ClN3O2. The Morgan fingerprint density at radius 3 is 2.44 bits per heavy atom. The van der Waals surface area contributed by atoms with E-state index in [1.807, 2.05) is 4.90 Å². The van der Waals surface area contributed by atoms with Gasteiger partial charge < -0.3 is 10.2 Å². The van der Waals surface area contributed by atoms with E-state index in [-0.39, 0.29) is 17.9 Å². The molecule has 5 nitrogen and oxygen atoms in total. The molecule has 1 heterocycles. The lowest BCUT2D eigenvalue weighted by Gasteiger charge is -2.40. The second kappa shape index (κ2) is 8.19. The van der Waals surface area contributed by atoms with E-state index in [1.165, 1.54) is 12.8 Å². The van der Waals surface area contributed by atoms with Gasteiger partial charge in [0.15, 0.2) is 0 Å². The van der Waals surface area contributed by atoms with Crippen LogP contribution < -0.4 is 5.32 Å². The van der Waals surface area contributed by atoms with Crippen molar-refractivity contribution in [2.45, 2.75) is 31.7 Å². The van der Waals surface area contributed by atoms with Gasteiger partial charge in [-0.25, -0.2) is 0 Å². The third-order valence-corrected chi connectivity index (χ3v) is 5.66. The highest BCUT2D eigenvalue weighted by Crippen LogP contribution is 2.31. The van der Waals surface area contributed by atoms with Gasteiger partial charge in [0.1, 0.15) is 0 Å². The number of carbonyl (C=O) groups is 2. The summed E-state index contributed by atoms with van der Waals surface area (Å²) in [6.45, 7) is 2.76. The van der Waals surface area contributed by atoms with Crippen LogP contribution in [0.15, 0.2) is 24.3 Å². The lowest BCUT2D eigenvalue weighted by atomic mass is 9.95. The van der Waals surface area contributed by atoms with Gasteiger partial charge in [0, 0.05) is 43.8 Å². The van der Waals surface area contributed by atoms with Crippen LogP contribution in [0, 0.1) is 5.92 Å². The molecule has 2 aliphatic rings. The molecule has 0 aromatic heterocycles. The summed E-state index contributed by atoms with van der Waals surface area (Å²) in [5.74, 6) is 0.566. The molecule has 1 aliphatic heterocycles. The van der Waals surface area contributed by atoms with Crippen LogP contribution in [0.1, 0.15) is 36.0 Å². The maximum Gasteiger partial charge on any atom is 0.253 e. The van der Waals surface area contributed by atoms with Crippen molar-refractivity contribution in [1.82, 2.24) is 15.1 Å². The van der Waals surface area contributed by atoms with Crippen molar-refractivity contribution in [2.24, 2.45) is 5.92 Å². The summed E-state index contributed by atoms with van der Waals surface area (Å²) in [6.07, 6.45) is 4.68. The number of piperazine rings is 1. The Hall–Kier alpha value is -1.59. The van der Waals surface area contributed by atoms with Crippen molar-refractivity contribution >= 4 is 23.4 Å². The Balaban J connectivity index is 1.63. The zero-order chi connectivity index (χ0) is 17.8. The molecule has 1 saturated heterocycles. The van der Waals surface area contributed by atoms with E-state index in [2.05, 4.69) is 10.2 Å². The minimum absolute atomic E-state index is 0.0134. The van der Waals surface area contributed by atoms with E-state index in [9.17, 15) is 9.59 Å². The number of nitrogens with zero attached hydrogens (tertiary/aromatic N) is 2. The quantitative estimate of drug-likeness (QED) is 0.893. The zero-order valence-corrected chi connectivity index (χ0v) is 15.5. The highest BCUT2D eigenvalue weighted by molar-refractivity contribution is 6.30. The summed E-state index contributed by atoms with van der Waals surface area (Å²) in [5, 5.41) is 3.40. The summed E-state index contributed by atoms with van der Waals surface area (Å²) in [4.78, 5) is 29.2. The minimum atomic E-state index is -0.0593. The third kappa shape index (κ3) is 4.15. The Morgan fingerprint density at radius 1 is 1.16 bits per heavy atom. The molecule has 0 bridgehead atoms. The summed E-state index contributed by atoms with van der Waals surface area (Å²) in [7, 11) is 1.71. The summed E-state index contributed by atoms with van der Waals surface area (Å²) >= 11 is 5.99. The molecule has 1 N–H and O–H groups in total. The summed E-state index contributed by atoms with van der Waals surface area (Å²) < 4.78 is 0. The van der Waals surface area contributed by atoms with Gasteiger partial charge in [-0.1, -0.05) is 30.5 Å². The molecule has 1 unspecified atom stereocenters. The molecule has 1 aromatic rings. The Morgan fingerprint density at radius 2 is 1.84 bits per heavy atom. The number of benzene rings is 1. The number of halogens is 1. The van der Waals surface area contributed by atoms with E-state index in [4.69, 9.17) is 11.6 Å². The van der Waals surface area contributed by atoms with E-state index in [0.29, 0.717) is 29.6 Å². The maximum atomic E-state index is 12.6. The SMILES string of the molecule is CNC(=O)C(C1CCCC1)N1CCN(C(=O)c2cccc(Cl)c2)CC1. The first-order chi connectivity index (χ1) is 12.1. The van der Waals surface area contributed by atoms with Crippen LogP contribution in [0.4, 0.5) is 0 Å². The van der Waals surface area contributed by atoms with Gasteiger partial charge in [0.2, 0.25) is 5.91 Å². The Bertz CT molecular complexity index is 623. The van der Waals surface area contributed by atoms with Gasteiger partial charge in [0.05, 0.1) is 6.04 Å². The largest absolute Gasteiger partial charge is 0.358 e. The van der Waals surface area contributed by atoms with Crippen LogP contribution in [0.25, 0.3) is 0 Å². The van der Waals surface area contributed by atoms with Gasteiger partial charge in [-0.3, -0.25) is 14.5 Å². The fourth-order valence-electron chi connectivity index (χ4n) is 4.11. The Labute approximate surface area is 154 Å². The van der Waals surface area contributed by atoms with Gasteiger partial charge >= 0.3 is 0 Å². The van der Waals surface area contributed by atoms with E-state index in [1.54, 1.807) is 31.3 Å². The molecule has 136 valence electrons. The number of hydrogen-bond acceptors (Lipinski definition) is 3. The van der Waals surface area contributed by atoms with Crippen molar-refractivity contribution in [2.75, 3.05) is 33.2 Å². The highest BCUT2D eigenvalue weighted by Gasteiger charge is 2.36. The first kappa shape index (κ1) is 18.2. The predicted molar refractivity (Wildman–Crippen MR) is 98.7 cm³/mol. The normalized spacial score (nSPS) is 20.5. The topological polar surface area (TPSA) is 52.7 Å². The molecule has 3 rings (SSSR count). The van der Waals surface area contributed by atoms with E-state index < -0.39 is 0 Å². The predicted octanol–water partition coefficient (Wildman–Crippen LogP) is 2.40. The standard InChI is InChI=1S/C19H26ClN3O2/c1-21-18(24)17(14-5-2-3-6-14)22-9-11-23(12-10-22)19(25)15-7-4-8-16(20)13-15/h4,7-8,13-14,17H,2-3,5-6,9-12H2,1H3,(H,21,24). The fraction of sp³-hybridized carbons (Fsp3) is 0.579. The van der Waals surface area contributed by atoms with Gasteiger partial charge in [0.25, 0.3) is 5.91 Å². The number of hydrogen-bond donors (Lipinski definition) is 1. The summed E-state index contributed by atoms with van der Waals surface area (Å²) in [5.41, 5.74) is 0.625. The van der Waals surface area contributed by atoms with Crippen molar-refractivity contribution in [3.05, 3.63) is 34.9 Å². The van der Waals surface area contributed by atoms with Crippen molar-refractivity contribution in [3.8, 4) is 0 Å². The molecule has 1 atom stereocenters. The van der Waals surface area contributed by atoms with Crippen LogP contribution in [0.2, 0.25) is 5.02 Å². The maximum absolute atomic E-state index is 12.6. The van der Waals surface area contributed by atoms with Crippen LogP contribution in [0.5, 0.6) is 0 Å². The van der Waals surface area contributed by atoms with Crippen LogP contribution in [0.3, 0.4) is 0 Å². The van der Waals surface area contributed by atoms with E-state index >= 15 is 0 Å². The molecule has 1 aliphatic carbocycles. The second-order valence-electron chi connectivity index (χ2n) is 6.94. The van der Waals surface area contributed by atoms with Crippen molar-refractivity contribution < 1.29 is 9.59 Å². The van der Waals surface area contributed by atoms with Crippen molar-refractivity contribution in [1.29, 1.82) is 0 Å². The van der Waals surface area contributed by atoms with Crippen molar-refractivity contribution in [3.63, 3.8) is 0 Å². The minimum Gasteiger partial charge on any atom is -0.358 e. The highest BCUT2D eigenvalue weighted by atomic mass is 35.5. The molecule has 0 radical (unpaired) electrons. The lowest BCUT2D eigenvalue weighted by Crippen LogP contribution is -2.57. The average molecular weight is 364 g/mol. The molecule has 2 fully saturated rings. The van der Waals surface area contributed by atoms with Gasteiger partial charge in [-0.15, -0.1) is 0 Å². The number of likely N-dealkylation sites (N-methyl/N-ethyl adjacent to an activating group) is 1. The molecule has 2 amide bonds. The number of carbonyl (C=O) groups excluding carboxylic acids is 2. The number of rotatable bonds is 4. The second-order valence-corrected chi connectivity index (χ2v) is 7.38. The molecule has 1 aromatic carbocycles. The van der Waals surface area contributed by atoms with Crippen LogP contribution in [-0.4, -0.2) is 60.9 Å². The van der Waals surface area contributed by atoms with Crippen LogP contribution in [-0.2, 0) is 4.79 Å². The zero-order valence-electron chi connectivity index (χ0n) is 14.7. The number of amides is 2. The van der Waals surface area contributed by atoms with Gasteiger partial charge in [-0.05, 0) is 37.0 Å². The number of nitrogens with one attached hydrogen (secondary N) is 1. The molecule has 0 spiro atoms. The fourth-order valence-corrected chi connectivity index (χ4v) is 4.30. The lowest BCUT2D eigenvalue weighted by molar-refractivity contribution is -0.128. The third-order valence-electron chi connectivity index (χ3n) is 5.43. The first-order valence-corrected chi connectivity index (χ1v) is 9.48. The monoisotopic (exact) mass is 363 g/mol. The van der Waals surface area contributed by atoms with Gasteiger partial charge in [-0.2, -0.15) is 0 Å². The smallest absolute Gasteiger partial charge is 0.253 e. The molecule has 1 saturated carbocycles. The van der Waals surface area contributed by atoms with E-state index in [0.717, 1.165) is 25.9 Å².